The SMILES string of the molecule is CCCCc1c([O])cccc1F. The van der Waals surface area contributed by atoms with E-state index in [-0.39, 0.29) is 11.6 Å². The van der Waals surface area contributed by atoms with Crippen LogP contribution >= 0.6 is 0 Å². The van der Waals surface area contributed by atoms with Gasteiger partial charge in [-0.25, -0.2) is 4.39 Å². The lowest BCUT2D eigenvalue weighted by molar-refractivity contribution is 0.345. The van der Waals surface area contributed by atoms with Crippen molar-refractivity contribution in [1.29, 1.82) is 0 Å². The molecule has 0 spiro atoms. The normalized spacial score (nSPS) is 10.2. The molecule has 0 aromatic heterocycles. The monoisotopic (exact) mass is 167 g/mol. The summed E-state index contributed by atoms with van der Waals surface area (Å²) in [7, 11) is 0. The molecule has 1 nitrogen and oxygen atoms in total. The molecule has 0 unspecified atom stereocenters. The van der Waals surface area contributed by atoms with Gasteiger partial charge in [0.25, 0.3) is 0 Å². The summed E-state index contributed by atoms with van der Waals surface area (Å²) < 4.78 is 13.0. The minimum atomic E-state index is -0.365. The fraction of sp³-hybridized carbons (Fsp3) is 0.400. The summed E-state index contributed by atoms with van der Waals surface area (Å²) in [6, 6.07) is 4.20. The van der Waals surface area contributed by atoms with E-state index in [9.17, 15) is 9.50 Å². The van der Waals surface area contributed by atoms with Gasteiger partial charge in [-0.2, -0.15) is 0 Å². The molecule has 2 heteroatoms. The third kappa shape index (κ3) is 1.97. The summed E-state index contributed by atoms with van der Waals surface area (Å²) in [6.45, 7) is 2.02. The number of benzene rings is 1. The van der Waals surface area contributed by atoms with Crippen LogP contribution in [0.1, 0.15) is 25.3 Å². The van der Waals surface area contributed by atoms with Crippen LogP contribution in [0.2, 0.25) is 0 Å². The maximum absolute atomic E-state index is 13.0. The minimum Gasteiger partial charge on any atom is -0.290 e. The van der Waals surface area contributed by atoms with Crippen LogP contribution in [0.3, 0.4) is 0 Å². The summed E-state index contributed by atoms with van der Waals surface area (Å²) >= 11 is 0. The van der Waals surface area contributed by atoms with Gasteiger partial charge in [0.15, 0.2) is 5.75 Å². The highest BCUT2D eigenvalue weighted by Gasteiger charge is 2.07. The van der Waals surface area contributed by atoms with Crippen molar-refractivity contribution in [3.63, 3.8) is 0 Å². The number of rotatable bonds is 3. The smallest absolute Gasteiger partial charge is 0.184 e. The topological polar surface area (TPSA) is 19.9 Å². The summed E-state index contributed by atoms with van der Waals surface area (Å²) in [5.41, 5.74) is 0.333. The van der Waals surface area contributed by atoms with Gasteiger partial charge in [0.2, 0.25) is 0 Å². The first-order valence-corrected chi connectivity index (χ1v) is 4.20. The highest BCUT2D eigenvalue weighted by molar-refractivity contribution is 5.32. The Balaban J connectivity index is 2.81. The second kappa shape index (κ2) is 4.10. The third-order valence-electron chi connectivity index (χ3n) is 1.86. The zero-order valence-corrected chi connectivity index (χ0v) is 7.14. The van der Waals surface area contributed by atoms with E-state index in [0.29, 0.717) is 12.0 Å². The Labute approximate surface area is 71.9 Å². The van der Waals surface area contributed by atoms with Gasteiger partial charge >= 0.3 is 0 Å². The summed E-state index contributed by atoms with van der Waals surface area (Å²) in [6.07, 6.45) is 2.41. The Morgan fingerprint density at radius 2 is 2.17 bits per heavy atom. The van der Waals surface area contributed by atoms with Crippen molar-refractivity contribution in [2.75, 3.05) is 0 Å². The minimum absolute atomic E-state index is 0.177. The van der Waals surface area contributed by atoms with Crippen molar-refractivity contribution >= 4 is 0 Å². The van der Waals surface area contributed by atoms with Gasteiger partial charge in [0, 0.05) is 5.56 Å². The van der Waals surface area contributed by atoms with Crippen LogP contribution < -0.4 is 0 Å². The first kappa shape index (κ1) is 9.04. The molecular formula is C10H12FO. The Morgan fingerprint density at radius 1 is 1.42 bits per heavy atom. The van der Waals surface area contributed by atoms with Gasteiger partial charge in [-0.3, -0.25) is 5.11 Å². The number of halogens is 1. The molecule has 1 aromatic carbocycles. The Bertz CT molecular complexity index is 238. The molecule has 0 saturated heterocycles. The van der Waals surface area contributed by atoms with Gasteiger partial charge in [0.05, 0.1) is 0 Å². The van der Waals surface area contributed by atoms with Crippen molar-refractivity contribution in [1.82, 2.24) is 0 Å². The van der Waals surface area contributed by atoms with E-state index in [1.54, 1.807) is 0 Å². The number of hydrogen-bond acceptors (Lipinski definition) is 0. The zero-order chi connectivity index (χ0) is 8.97. The molecule has 0 atom stereocenters. The van der Waals surface area contributed by atoms with Crippen molar-refractivity contribution in [2.45, 2.75) is 26.2 Å². The molecule has 0 aliphatic rings. The van der Waals surface area contributed by atoms with E-state index in [1.807, 2.05) is 6.92 Å². The second-order valence-corrected chi connectivity index (χ2v) is 2.82. The van der Waals surface area contributed by atoms with Crippen LogP contribution in [0.15, 0.2) is 18.2 Å². The Kier molecular flexibility index (Phi) is 3.09. The molecule has 1 aromatic rings. The molecule has 0 fully saturated rings. The molecule has 0 aliphatic heterocycles. The van der Waals surface area contributed by atoms with Crippen LogP contribution in [0.4, 0.5) is 4.39 Å². The van der Waals surface area contributed by atoms with Crippen molar-refractivity contribution in [2.24, 2.45) is 0 Å². The van der Waals surface area contributed by atoms with Crippen molar-refractivity contribution < 1.29 is 9.50 Å². The van der Waals surface area contributed by atoms with E-state index in [4.69, 9.17) is 0 Å². The molecule has 0 amide bonds. The lowest BCUT2D eigenvalue weighted by Crippen LogP contribution is -1.89. The summed E-state index contributed by atoms with van der Waals surface area (Å²) in [5.74, 6) is -0.542. The molecule has 0 N–H and O–H groups in total. The first-order chi connectivity index (χ1) is 5.75. The zero-order valence-electron chi connectivity index (χ0n) is 7.14. The fourth-order valence-electron chi connectivity index (χ4n) is 1.14. The molecular weight excluding hydrogens is 155 g/mol. The van der Waals surface area contributed by atoms with E-state index < -0.39 is 0 Å². The first-order valence-electron chi connectivity index (χ1n) is 4.20. The van der Waals surface area contributed by atoms with Crippen LogP contribution in [-0.2, 0) is 11.5 Å². The van der Waals surface area contributed by atoms with Crippen LogP contribution in [-0.4, -0.2) is 0 Å². The molecule has 65 valence electrons. The maximum atomic E-state index is 13.0. The van der Waals surface area contributed by atoms with Gasteiger partial charge in [-0.15, -0.1) is 0 Å². The fourth-order valence-corrected chi connectivity index (χ4v) is 1.14. The molecule has 1 rings (SSSR count). The van der Waals surface area contributed by atoms with Gasteiger partial charge in [-0.05, 0) is 25.0 Å². The van der Waals surface area contributed by atoms with E-state index in [0.717, 1.165) is 12.8 Å². The molecule has 0 heterocycles. The van der Waals surface area contributed by atoms with Crippen molar-refractivity contribution in [3.05, 3.63) is 29.6 Å². The number of hydrogen-bond donors (Lipinski definition) is 0. The van der Waals surface area contributed by atoms with Gasteiger partial charge in [0.1, 0.15) is 5.82 Å². The van der Waals surface area contributed by atoms with Crippen LogP contribution in [0.5, 0.6) is 5.75 Å². The van der Waals surface area contributed by atoms with Crippen LogP contribution in [0.25, 0.3) is 0 Å². The van der Waals surface area contributed by atoms with E-state index >= 15 is 0 Å². The molecule has 1 radical (unpaired) electrons. The summed E-state index contributed by atoms with van der Waals surface area (Å²) in [5, 5.41) is 11.1. The molecule has 0 bridgehead atoms. The standard InChI is InChI=1S/C10H12FO/c1-2-3-5-8-9(11)6-4-7-10(8)12/h4,6-7H,2-3,5H2,1H3. The van der Waals surface area contributed by atoms with E-state index in [2.05, 4.69) is 0 Å². The predicted octanol–water partition coefficient (Wildman–Crippen LogP) is 3.31. The molecule has 0 aliphatic carbocycles. The quantitative estimate of drug-likeness (QED) is 0.658. The van der Waals surface area contributed by atoms with Crippen LogP contribution in [0, 0.1) is 5.82 Å². The maximum Gasteiger partial charge on any atom is 0.184 e. The lowest BCUT2D eigenvalue weighted by Gasteiger charge is -2.01. The Morgan fingerprint density at radius 3 is 2.75 bits per heavy atom. The highest BCUT2D eigenvalue weighted by Crippen LogP contribution is 2.22. The van der Waals surface area contributed by atoms with Crippen molar-refractivity contribution in [3.8, 4) is 5.75 Å². The molecule has 0 saturated carbocycles. The highest BCUT2D eigenvalue weighted by atomic mass is 19.1. The largest absolute Gasteiger partial charge is 0.290 e. The third-order valence-corrected chi connectivity index (χ3v) is 1.86. The summed E-state index contributed by atoms with van der Waals surface area (Å²) in [4.78, 5) is 0. The van der Waals surface area contributed by atoms with Gasteiger partial charge < -0.3 is 0 Å². The van der Waals surface area contributed by atoms with E-state index in [1.165, 1.54) is 18.2 Å². The average Bonchev–Trinajstić information content (AvgIpc) is 2.04. The molecule has 12 heavy (non-hydrogen) atoms. The van der Waals surface area contributed by atoms with Gasteiger partial charge in [-0.1, -0.05) is 19.4 Å². The Hall–Kier alpha value is -1.05. The second-order valence-electron chi connectivity index (χ2n) is 2.82. The lowest BCUT2D eigenvalue weighted by atomic mass is 10.1. The predicted molar refractivity (Wildman–Crippen MR) is 45.1 cm³/mol. The average molecular weight is 167 g/mol. The number of unbranched alkanes of at least 4 members (excludes halogenated alkanes) is 1.